The number of hydrogen-bond donors (Lipinski definition) is 1. The van der Waals surface area contributed by atoms with Gasteiger partial charge in [0.25, 0.3) is 5.91 Å². The molecule has 1 aliphatic rings. The first-order valence-electron chi connectivity index (χ1n) is 9.05. The Morgan fingerprint density at radius 3 is 2.73 bits per heavy atom. The van der Waals surface area contributed by atoms with Gasteiger partial charge in [0, 0.05) is 17.3 Å². The number of halogens is 2. The second kappa shape index (κ2) is 9.60. The highest BCUT2D eigenvalue weighted by atomic mass is 19.3. The predicted molar refractivity (Wildman–Crippen MR) is 104 cm³/mol. The van der Waals surface area contributed by atoms with E-state index in [2.05, 4.69) is 10.1 Å². The maximum Gasteiger partial charge on any atom is 0.387 e. The molecule has 0 fully saturated rings. The fourth-order valence-electron chi connectivity index (χ4n) is 2.75. The molecule has 2 aromatic carbocycles. The molecular weight excluding hydrogens is 398 g/mol. The van der Waals surface area contributed by atoms with Gasteiger partial charge in [-0.3, -0.25) is 4.79 Å². The Bertz CT molecular complexity index is 1000. The molecule has 0 saturated carbocycles. The highest BCUT2D eigenvalue weighted by Crippen LogP contribution is 2.35. The lowest BCUT2D eigenvalue weighted by molar-refractivity contribution is -0.112. The minimum absolute atomic E-state index is 0.0797. The van der Waals surface area contributed by atoms with E-state index in [4.69, 9.17) is 14.2 Å². The van der Waals surface area contributed by atoms with E-state index in [0.29, 0.717) is 30.4 Å². The number of ether oxygens (including phenoxy) is 4. The highest BCUT2D eigenvalue weighted by Gasteiger charge is 2.18. The number of nitrogens with zero attached hydrogens (tertiary/aromatic N) is 1. The molecule has 9 heteroatoms. The Morgan fingerprint density at radius 2 is 2.03 bits per heavy atom. The highest BCUT2D eigenvalue weighted by molar-refractivity contribution is 6.10. The molecular formula is C21H18F2N2O5. The van der Waals surface area contributed by atoms with Gasteiger partial charge in [0.1, 0.15) is 24.9 Å². The summed E-state index contributed by atoms with van der Waals surface area (Å²) in [5.41, 5.74) is 0.185. The van der Waals surface area contributed by atoms with E-state index in [0.717, 1.165) is 6.08 Å². The van der Waals surface area contributed by atoms with Crippen LogP contribution in [0, 0.1) is 11.3 Å². The monoisotopic (exact) mass is 416 g/mol. The van der Waals surface area contributed by atoms with Crippen molar-refractivity contribution < 1.29 is 32.5 Å². The number of para-hydroxylation sites is 1. The first-order valence-corrected chi connectivity index (χ1v) is 9.05. The van der Waals surface area contributed by atoms with Crippen LogP contribution in [0.1, 0.15) is 12.5 Å². The van der Waals surface area contributed by atoms with Crippen LogP contribution in [0.15, 0.2) is 42.0 Å². The number of nitriles is 1. The molecule has 1 N–H and O–H groups in total. The largest absolute Gasteiger partial charge is 0.490 e. The molecule has 0 bridgehead atoms. The van der Waals surface area contributed by atoms with E-state index in [1.807, 2.05) is 0 Å². The van der Waals surface area contributed by atoms with Crippen LogP contribution >= 0.6 is 0 Å². The van der Waals surface area contributed by atoms with Crippen molar-refractivity contribution >= 4 is 17.7 Å². The second-order valence-electron chi connectivity index (χ2n) is 5.97. The normalized spacial score (nSPS) is 12.8. The standard InChI is InChI=1S/C21H18F2N2O5/c1-2-27-17-5-3-4-13(19(17)30-21(22)23)10-14(12-24)20(26)25-15-6-7-16-18(11-15)29-9-8-28-16/h3-7,10-11,21H,2,8-9H2,1H3,(H,25,26)/b14-10+. The summed E-state index contributed by atoms with van der Waals surface area (Å²) < 4.78 is 46.5. The maximum atomic E-state index is 12.9. The van der Waals surface area contributed by atoms with E-state index in [-0.39, 0.29) is 29.2 Å². The zero-order valence-corrected chi connectivity index (χ0v) is 16.0. The lowest BCUT2D eigenvalue weighted by Crippen LogP contribution is -2.17. The maximum absolute atomic E-state index is 12.9. The summed E-state index contributed by atoms with van der Waals surface area (Å²) in [7, 11) is 0. The summed E-state index contributed by atoms with van der Waals surface area (Å²) >= 11 is 0. The zero-order valence-electron chi connectivity index (χ0n) is 16.0. The molecule has 30 heavy (non-hydrogen) atoms. The number of fused-ring (bicyclic) bond motifs is 1. The molecule has 3 rings (SSSR count). The fraction of sp³-hybridized carbons (Fsp3) is 0.238. The number of benzene rings is 2. The fourth-order valence-corrected chi connectivity index (χ4v) is 2.75. The molecule has 0 aromatic heterocycles. The Balaban J connectivity index is 1.87. The van der Waals surface area contributed by atoms with E-state index in [1.54, 1.807) is 37.3 Å². The van der Waals surface area contributed by atoms with Gasteiger partial charge in [0.05, 0.1) is 6.61 Å². The minimum atomic E-state index is -3.10. The first kappa shape index (κ1) is 20.9. The molecule has 0 radical (unpaired) electrons. The van der Waals surface area contributed by atoms with Crippen molar-refractivity contribution in [2.45, 2.75) is 13.5 Å². The van der Waals surface area contributed by atoms with Crippen molar-refractivity contribution in [3.8, 4) is 29.1 Å². The smallest absolute Gasteiger partial charge is 0.387 e. The second-order valence-corrected chi connectivity index (χ2v) is 5.97. The Kier molecular flexibility index (Phi) is 6.70. The zero-order chi connectivity index (χ0) is 21.5. The molecule has 0 unspecified atom stereocenters. The van der Waals surface area contributed by atoms with Crippen LogP contribution < -0.4 is 24.3 Å². The van der Waals surface area contributed by atoms with Crippen molar-refractivity contribution in [3.63, 3.8) is 0 Å². The molecule has 2 aromatic rings. The van der Waals surface area contributed by atoms with E-state index >= 15 is 0 Å². The Morgan fingerprint density at radius 1 is 1.27 bits per heavy atom. The number of nitrogens with one attached hydrogen (secondary N) is 1. The number of amides is 1. The third-order valence-corrected chi connectivity index (χ3v) is 3.98. The SMILES string of the molecule is CCOc1cccc(/C=C(\C#N)C(=O)Nc2ccc3c(c2)OCCO3)c1OC(F)F. The molecule has 1 aliphatic heterocycles. The van der Waals surface area contributed by atoms with E-state index < -0.39 is 12.5 Å². The van der Waals surface area contributed by atoms with Gasteiger partial charge >= 0.3 is 6.61 Å². The molecule has 156 valence electrons. The Hall–Kier alpha value is -3.80. The molecule has 1 heterocycles. The summed E-state index contributed by atoms with van der Waals surface area (Å²) in [6.45, 7) is -0.366. The van der Waals surface area contributed by atoms with Crippen molar-refractivity contribution in [3.05, 3.63) is 47.5 Å². The number of alkyl halides is 2. The lowest BCUT2D eigenvalue weighted by Gasteiger charge is -2.19. The van der Waals surface area contributed by atoms with Crippen LogP contribution in [0.4, 0.5) is 14.5 Å². The van der Waals surface area contributed by atoms with Gasteiger partial charge in [-0.25, -0.2) is 0 Å². The summed E-state index contributed by atoms with van der Waals surface area (Å²) in [5.74, 6) is 0.125. The van der Waals surface area contributed by atoms with Crippen LogP contribution in [0.3, 0.4) is 0 Å². The van der Waals surface area contributed by atoms with Crippen LogP contribution in [-0.4, -0.2) is 32.3 Å². The molecule has 1 amide bonds. The van der Waals surface area contributed by atoms with Gasteiger partial charge in [-0.1, -0.05) is 12.1 Å². The van der Waals surface area contributed by atoms with Gasteiger partial charge < -0.3 is 24.3 Å². The summed E-state index contributed by atoms with van der Waals surface area (Å²) in [5, 5.41) is 12.0. The van der Waals surface area contributed by atoms with Crippen LogP contribution in [-0.2, 0) is 4.79 Å². The van der Waals surface area contributed by atoms with Crippen molar-refractivity contribution in [1.29, 1.82) is 5.26 Å². The average Bonchev–Trinajstić information content (AvgIpc) is 2.73. The van der Waals surface area contributed by atoms with E-state index in [1.165, 1.54) is 12.1 Å². The summed E-state index contributed by atoms with van der Waals surface area (Å²) in [6.07, 6.45) is 1.16. The van der Waals surface area contributed by atoms with Gasteiger partial charge in [-0.15, -0.1) is 0 Å². The van der Waals surface area contributed by atoms with Crippen LogP contribution in [0.2, 0.25) is 0 Å². The van der Waals surface area contributed by atoms with Gasteiger partial charge in [0.15, 0.2) is 23.0 Å². The predicted octanol–water partition coefficient (Wildman–Crippen LogP) is 4.00. The van der Waals surface area contributed by atoms with Crippen LogP contribution in [0.25, 0.3) is 6.08 Å². The number of carbonyl (C=O) groups is 1. The van der Waals surface area contributed by atoms with Crippen molar-refractivity contribution in [2.24, 2.45) is 0 Å². The molecule has 0 atom stereocenters. The van der Waals surface area contributed by atoms with Gasteiger partial charge in [-0.05, 0) is 31.2 Å². The number of carbonyl (C=O) groups excluding carboxylic acids is 1. The third kappa shape index (κ3) is 4.97. The first-order chi connectivity index (χ1) is 14.5. The molecule has 0 aliphatic carbocycles. The average molecular weight is 416 g/mol. The van der Waals surface area contributed by atoms with Gasteiger partial charge in [0.2, 0.25) is 0 Å². The topological polar surface area (TPSA) is 89.8 Å². The minimum Gasteiger partial charge on any atom is -0.490 e. The lowest BCUT2D eigenvalue weighted by atomic mass is 10.1. The number of rotatable bonds is 7. The number of anilines is 1. The summed E-state index contributed by atoms with van der Waals surface area (Å²) in [4.78, 5) is 12.6. The van der Waals surface area contributed by atoms with Crippen molar-refractivity contribution in [2.75, 3.05) is 25.1 Å². The van der Waals surface area contributed by atoms with Crippen LogP contribution in [0.5, 0.6) is 23.0 Å². The number of hydrogen-bond acceptors (Lipinski definition) is 6. The van der Waals surface area contributed by atoms with Crippen molar-refractivity contribution in [1.82, 2.24) is 0 Å². The van der Waals surface area contributed by atoms with E-state index in [9.17, 15) is 18.8 Å². The quantitative estimate of drug-likeness (QED) is 0.542. The Labute approximate surface area is 171 Å². The molecule has 7 nitrogen and oxygen atoms in total. The van der Waals surface area contributed by atoms with Gasteiger partial charge in [-0.2, -0.15) is 14.0 Å². The third-order valence-electron chi connectivity index (χ3n) is 3.98. The molecule has 0 saturated heterocycles. The summed E-state index contributed by atoms with van der Waals surface area (Å²) in [6, 6.07) is 11.0. The molecule has 0 spiro atoms.